The average Bonchev–Trinajstić information content (AvgIpc) is 2.13. The molecule has 1 atom stereocenters. The van der Waals surface area contributed by atoms with Crippen LogP contribution in [0.3, 0.4) is 0 Å². The molecule has 0 spiro atoms. The summed E-state index contributed by atoms with van der Waals surface area (Å²) in [6.45, 7) is 0.818. The van der Waals surface area contributed by atoms with Crippen LogP contribution in [0.1, 0.15) is 12.8 Å². The van der Waals surface area contributed by atoms with Gasteiger partial charge in [-0.2, -0.15) is 11.8 Å². The van der Waals surface area contributed by atoms with Crippen molar-refractivity contribution in [3.8, 4) is 0 Å². The predicted molar refractivity (Wildman–Crippen MR) is 71.6 cm³/mol. The summed E-state index contributed by atoms with van der Waals surface area (Å²) < 4.78 is 29.7. The molecule has 0 amide bonds. The van der Waals surface area contributed by atoms with Crippen molar-refractivity contribution in [3.05, 3.63) is 0 Å². The molecular formula is C9H19NO3S3. The zero-order valence-corrected chi connectivity index (χ0v) is 11.9. The zero-order chi connectivity index (χ0) is 11.9. The molecule has 1 heterocycles. The number of thioether (sulfide) groups is 2. The van der Waals surface area contributed by atoms with Crippen molar-refractivity contribution < 1.29 is 13.2 Å². The lowest BCUT2D eigenvalue weighted by atomic mass is 10.5. The lowest BCUT2D eigenvalue weighted by Gasteiger charge is -2.19. The van der Waals surface area contributed by atoms with Gasteiger partial charge in [-0.05, 0) is 30.1 Å². The van der Waals surface area contributed by atoms with Crippen molar-refractivity contribution in [1.29, 1.82) is 0 Å². The van der Waals surface area contributed by atoms with Gasteiger partial charge in [-0.25, -0.2) is 13.1 Å². The van der Waals surface area contributed by atoms with Gasteiger partial charge in [0.15, 0.2) is 0 Å². The Kier molecular flexibility index (Phi) is 7.14. The third kappa shape index (κ3) is 7.78. The minimum Gasteiger partial charge on any atom is -0.366 e. The second kappa shape index (κ2) is 7.81. The van der Waals surface area contributed by atoms with E-state index in [2.05, 4.69) is 4.72 Å². The van der Waals surface area contributed by atoms with Crippen LogP contribution in [-0.4, -0.2) is 50.5 Å². The van der Waals surface area contributed by atoms with Crippen LogP contribution in [0.2, 0.25) is 0 Å². The molecule has 0 aromatic carbocycles. The molecule has 1 fully saturated rings. The van der Waals surface area contributed by atoms with Gasteiger partial charge >= 0.3 is 0 Å². The Bertz CT molecular complexity index is 274. The number of hydrogen-bond donors (Lipinski definition) is 1. The summed E-state index contributed by atoms with van der Waals surface area (Å²) in [5, 5.41) is 0. The van der Waals surface area contributed by atoms with Gasteiger partial charge in [0, 0.05) is 6.54 Å². The van der Waals surface area contributed by atoms with Gasteiger partial charge in [0.25, 0.3) is 0 Å². The first-order valence-electron chi connectivity index (χ1n) is 5.33. The standard InChI is InChI=1S/C9H19NO3S3/c1-16(11,12)10-4-5-13-9-3-8-14-6-2-7-15-9/h9-10H,2-8H2,1H3. The van der Waals surface area contributed by atoms with E-state index in [1.54, 1.807) is 0 Å². The molecule has 0 bridgehead atoms. The quantitative estimate of drug-likeness (QED) is 0.768. The lowest BCUT2D eigenvalue weighted by Crippen LogP contribution is -2.27. The monoisotopic (exact) mass is 285 g/mol. The average molecular weight is 285 g/mol. The number of ether oxygens (including phenoxy) is 1. The molecule has 0 saturated carbocycles. The fourth-order valence-electron chi connectivity index (χ4n) is 1.29. The normalized spacial score (nSPS) is 23.7. The molecule has 1 saturated heterocycles. The van der Waals surface area contributed by atoms with Crippen LogP contribution in [-0.2, 0) is 14.8 Å². The Morgan fingerprint density at radius 1 is 1.38 bits per heavy atom. The molecular weight excluding hydrogens is 266 g/mol. The van der Waals surface area contributed by atoms with Crippen LogP contribution in [0.25, 0.3) is 0 Å². The molecule has 16 heavy (non-hydrogen) atoms. The van der Waals surface area contributed by atoms with Gasteiger partial charge in [-0.15, -0.1) is 11.8 Å². The van der Waals surface area contributed by atoms with Gasteiger partial charge < -0.3 is 4.74 Å². The van der Waals surface area contributed by atoms with Crippen molar-refractivity contribution in [3.63, 3.8) is 0 Å². The summed E-state index contributed by atoms with van der Waals surface area (Å²) >= 11 is 3.81. The van der Waals surface area contributed by atoms with E-state index < -0.39 is 10.0 Å². The summed E-state index contributed by atoms with van der Waals surface area (Å²) in [5.41, 5.74) is 0.231. The second-order valence-electron chi connectivity index (χ2n) is 3.59. The van der Waals surface area contributed by atoms with E-state index in [0.29, 0.717) is 13.2 Å². The van der Waals surface area contributed by atoms with Crippen LogP contribution in [0, 0.1) is 0 Å². The molecule has 1 aliphatic heterocycles. The first-order chi connectivity index (χ1) is 7.58. The Hall–Kier alpha value is 0.570. The van der Waals surface area contributed by atoms with E-state index in [-0.39, 0.29) is 5.44 Å². The summed E-state index contributed by atoms with van der Waals surface area (Å²) in [6, 6.07) is 0. The molecule has 7 heteroatoms. The van der Waals surface area contributed by atoms with Crippen LogP contribution in [0.15, 0.2) is 0 Å². The first-order valence-corrected chi connectivity index (χ1v) is 9.43. The Morgan fingerprint density at radius 2 is 2.19 bits per heavy atom. The summed E-state index contributed by atoms with van der Waals surface area (Å²) in [7, 11) is -3.08. The third-order valence-corrected chi connectivity index (χ3v) is 5.10. The summed E-state index contributed by atoms with van der Waals surface area (Å²) in [6.07, 6.45) is 3.44. The van der Waals surface area contributed by atoms with Crippen LogP contribution >= 0.6 is 23.5 Å². The van der Waals surface area contributed by atoms with Gasteiger partial charge in [0.2, 0.25) is 10.0 Å². The molecule has 1 aliphatic rings. The van der Waals surface area contributed by atoms with Gasteiger partial charge in [-0.1, -0.05) is 0 Å². The van der Waals surface area contributed by atoms with E-state index in [1.807, 2.05) is 23.5 Å². The highest BCUT2D eigenvalue weighted by molar-refractivity contribution is 8.01. The first kappa shape index (κ1) is 14.6. The third-order valence-electron chi connectivity index (χ3n) is 2.00. The van der Waals surface area contributed by atoms with Crippen LogP contribution in [0.5, 0.6) is 0 Å². The topological polar surface area (TPSA) is 55.4 Å². The maximum absolute atomic E-state index is 10.8. The van der Waals surface area contributed by atoms with Gasteiger partial charge in [0.1, 0.15) is 5.44 Å². The highest BCUT2D eigenvalue weighted by Crippen LogP contribution is 2.23. The SMILES string of the molecule is CS(=O)(=O)NCCOC1CCSCCCS1. The molecule has 0 aromatic rings. The molecule has 1 unspecified atom stereocenters. The second-order valence-corrected chi connectivity index (χ2v) is 7.92. The number of hydrogen-bond acceptors (Lipinski definition) is 5. The molecule has 4 nitrogen and oxygen atoms in total. The van der Waals surface area contributed by atoms with Crippen molar-refractivity contribution in [2.24, 2.45) is 0 Å². The molecule has 1 N–H and O–H groups in total. The van der Waals surface area contributed by atoms with Crippen molar-refractivity contribution in [2.75, 3.05) is 36.7 Å². The number of sulfonamides is 1. The van der Waals surface area contributed by atoms with Gasteiger partial charge in [-0.3, -0.25) is 0 Å². The highest BCUT2D eigenvalue weighted by Gasteiger charge is 2.12. The van der Waals surface area contributed by atoms with E-state index in [9.17, 15) is 8.42 Å². The lowest BCUT2D eigenvalue weighted by molar-refractivity contribution is 0.116. The summed E-state index contributed by atoms with van der Waals surface area (Å²) in [5.74, 6) is 3.52. The minimum atomic E-state index is -3.08. The number of rotatable bonds is 5. The minimum absolute atomic E-state index is 0.231. The van der Waals surface area contributed by atoms with Crippen molar-refractivity contribution >= 4 is 33.5 Å². The van der Waals surface area contributed by atoms with Crippen molar-refractivity contribution in [1.82, 2.24) is 4.72 Å². The molecule has 96 valence electrons. The smallest absolute Gasteiger partial charge is 0.208 e. The predicted octanol–water partition coefficient (Wildman–Crippen LogP) is 1.14. The Balaban J connectivity index is 2.10. The van der Waals surface area contributed by atoms with Crippen LogP contribution < -0.4 is 4.72 Å². The van der Waals surface area contributed by atoms with Crippen LogP contribution in [0.4, 0.5) is 0 Å². The number of nitrogens with one attached hydrogen (secondary N) is 1. The largest absolute Gasteiger partial charge is 0.366 e. The molecule has 0 radical (unpaired) electrons. The Labute approximate surface area is 106 Å². The van der Waals surface area contributed by atoms with Gasteiger partial charge in [0.05, 0.1) is 12.9 Å². The van der Waals surface area contributed by atoms with E-state index in [4.69, 9.17) is 4.74 Å². The molecule has 1 rings (SSSR count). The zero-order valence-electron chi connectivity index (χ0n) is 9.48. The highest BCUT2D eigenvalue weighted by atomic mass is 32.2. The van der Waals surface area contributed by atoms with E-state index >= 15 is 0 Å². The fourth-order valence-corrected chi connectivity index (χ4v) is 4.06. The summed E-state index contributed by atoms with van der Waals surface area (Å²) in [4.78, 5) is 0. The van der Waals surface area contributed by atoms with E-state index in [0.717, 1.165) is 24.2 Å². The maximum atomic E-state index is 10.8. The molecule has 0 aromatic heterocycles. The Morgan fingerprint density at radius 3 is 2.94 bits per heavy atom. The maximum Gasteiger partial charge on any atom is 0.208 e. The van der Waals surface area contributed by atoms with Crippen molar-refractivity contribution in [2.45, 2.75) is 18.3 Å². The fraction of sp³-hybridized carbons (Fsp3) is 1.00. The molecule has 0 aliphatic carbocycles. The van der Waals surface area contributed by atoms with E-state index in [1.165, 1.54) is 12.2 Å².